The van der Waals surface area contributed by atoms with Crippen molar-refractivity contribution in [2.75, 3.05) is 5.32 Å². The molecule has 1 aliphatic carbocycles. The van der Waals surface area contributed by atoms with Gasteiger partial charge in [-0.2, -0.15) is 0 Å². The van der Waals surface area contributed by atoms with E-state index in [0.29, 0.717) is 11.6 Å². The molecule has 0 aromatic carbocycles. The van der Waals surface area contributed by atoms with Gasteiger partial charge in [-0.05, 0) is 19.8 Å². The zero-order chi connectivity index (χ0) is 14.7. The number of hydrogen-bond donors (Lipinski definition) is 1. The highest BCUT2D eigenvalue weighted by Gasteiger charge is 2.21. The summed E-state index contributed by atoms with van der Waals surface area (Å²) in [7, 11) is 0. The molecule has 2 aromatic heterocycles. The van der Waals surface area contributed by atoms with Crippen LogP contribution in [0, 0.1) is 12.8 Å². The summed E-state index contributed by atoms with van der Waals surface area (Å²) >= 11 is 0. The first-order chi connectivity index (χ1) is 10.2. The fraction of sp³-hybridized carbons (Fsp3) is 0.467. The van der Waals surface area contributed by atoms with Crippen molar-refractivity contribution in [3.63, 3.8) is 0 Å². The number of nitrogens with zero attached hydrogens (tertiary/aromatic N) is 4. The normalized spacial score (nSPS) is 15.9. The molecule has 0 spiro atoms. The van der Waals surface area contributed by atoms with Crippen LogP contribution in [0.25, 0.3) is 5.95 Å². The van der Waals surface area contributed by atoms with E-state index in [0.717, 1.165) is 31.5 Å². The minimum absolute atomic E-state index is 0.0878. The molecule has 1 amide bonds. The average molecular weight is 285 g/mol. The molecule has 1 fully saturated rings. The largest absolute Gasteiger partial charge is 0.323 e. The maximum atomic E-state index is 12.2. The molecule has 2 aromatic rings. The lowest BCUT2D eigenvalue weighted by Crippen LogP contribution is -2.24. The van der Waals surface area contributed by atoms with Gasteiger partial charge in [-0.3, -0.25) is 9.36 Å². The zero-order valence-corrected chi connectivity index (χ0v) is 12.1. The van der Waals surface area contributed by atoms with E-state index in [-0.39, 0.29) is 11.8 Å². The molecular weight excluding hydrogens is 266 g/mol. The number of nitrogens with one attached hydrogen (secondary N) is 1. The van der Waals surface area contributed by atoms with Crippen molar-refractivity contribution < 1.29 is 4.79 Å². The summed E-state index contributed by atoms with van der Waals surface area (Å²) in [5.41, 5.74) is 0.645. The molecule has 0 aliphatic heterocycles. The van der Waals surface area contributed by atoms with E-state index in [1.807, 2.05) is 13.1 Å². The van der Waals surface area contributed by atoms with Crippen LogP contribution in [0.5, 0.6) is 0 Å². The van der Waals surface area contributed by atoms with Crippen molar-refractivity contribution in [1.82, 2.24) is 19.5 Å². The standard InChI is InChI=1S/C15H19N5O/c1-11-16-7-8-20(11)15-17-9-13(10-18-15)19-14(21)12-5-3-2-4-6-12/h7-10,12H,2-6H2,1H3,(H,19,21). The first-order valence-corrected chi connectivity index (χ1v) is 7.37. The molecule has 2 heterocycles. The minimum Gasteiger partial charge on any atom is -0.323 e. The van der Waals surface area contributed by atoms with Gasteiger partial charge in [0.2, 0.25) is 11.9 Å². The SMILES string of the molecule is Cc1nccn1-c1ncc(NC(=O)C2CCCCC2)cn1. The van der Waals surface area contributed by atoms with Crippen molar-refractivity contribution in [3.05, 3.63) is 30.6 Å². The minimum atomic E-state index is 0.0878. The third-order valence-corrected chi connectivity index (χ3v) is 3.92. The number of aromatic nitrogens is 4. The lowest BCUT2D eigenvalue weighted by atomic mass is 9.89. The molecule has 6 heteroatoms. The van der Waals surface area contributed by atoms with E-state index >= 15 is 0 Å². The Morgan fingerprint density at radius 2 is 1.90 bits per heavy atom. The van der Waals surface area contributed by atoms with Crippen LogP contribution < -0.4 is 5.32 Å². The van der Waals surface area contributed by atoms with Gasteiger partial charge in [-0.15, -0.1) is 0 Å². The molecule has 0 bridgehead atoms. The van der Waals surface area contributed by atoms with Crippen LogP contribution in [0.4, 0.5) is 5.69 Å². The fourth-order valence-corrected chi connectivity index (χ4v) is 2.71. The van der Waals surface area contributed by atoms with E-state index in [1.54, 1.807) is 23.2 Å². The summed E-state index contributed by atoms with van der Waals surface area (Å²) < 4.78 is 1.80. The average Bonchev–Trinajstić information content (AvgIpc) is 2.95. The van der Waals surface area contributed by atoms with Crippen LogP contribution in [0.3, 0.4) is 0 Å². The molecule has 110 valence electrons. The second-order valence-corrected chi connectivity index (χ2v) is 5.44. The van der Waals surface area contributed by atoms with Gasteiger partial charge in [0.05, 0.1) is 18.1 Å². The maximum absolute atomic E-state index is 12.2. The van der Waals surface area contributed by atoms with Gasteiger partial charge in [0, 0.05) is 18.3 Å². The molecule has 0 unspecified atom stereocenters. The van der Waals surface area contributed by atoms with Crippen LogP contribution >= 0.6 is 0 Å². The first-order valence-electron chi connectivity index (χ1n) is 7.37. The number of rotatable bonds is 3. The van der Waals surface area contributed by atoms with E-state index in [9.17, 15) is 4.79 Å². The molecule has 1 N–H and O–H groups in total. The van der Waals surface area contributed by atoms with Gasteiger partial charge in [0.15, 0.2) is 0 Å². The van der Waals surface area contributed by atoms with Gasteiger partial charge in [-0.1, -0.05) is 19.3 Å². The molecule has 0 saturated heterocycles. The summed E-state index contributed by atoms with van der Waals surface area (Å²) in [4.78, 5) is 24.8. The Hall–Kier alpha value is -2.24. The number of carbonyl (C=O) groups is 1. The Labute approximate surface area is 123 Å². The lowest BCUT2D eigenvalue weighted by Gasteiger charge is -2.20. The molecule has 0 atom stereocenters. The number of hydrogen-bond acceptors (Lipinski definition) is 4. The van der Waals surface area contributed by atoms with Crippen molar-refractivity contribution in [3.8, 4) is 5.95 Å². The number of anilines is 1. The number of aryl methyl sites for hydroxylation is 1. The summed E-state index contributed by atoms with van der Waals surface area (Å²) in [6.07, 6.45) is 12.3. The quantitative estimate of drug-likeness (QED) is 0.940. The summed E-state index contributed by atoms with van der Waals surface area (Å²) in [5.74, 6) is 1.61. The predicted molar refractivity (Wildman–Crippen MR) is 79.1 cm³/mol. The second-order valence-electron chi connectivity index (χ2n) is 5.44. The Kier molecular flexibility index (Phi) is 3.94. The summed E-state index contributed by atoms with van der Waals surface area (Å²) in [6, 6.07) is 0. The van der Waals surface area contributed by atoms with Crippen LogP contribution in [-0.4, -0.2) is 25.4 Å². The van der Waals surface area contributed by atoms with Crippen LogP contribution in [-0.2, 0) is 4.79 Å². The monoisotopic (exact) mass is 285 g/mol. The zero-order valence-electron chi connectivity index (χ0n) is 12.1. The molecule has 3 rings (SSSR count). The maximum Gasteiger partial charge on any atom is 0.235 e. The molecular formula is C15H19N5O. The molecule has 1 saturated carbocycles. The Morgan fingerprint density at radius 3 is 2.52 bits per heavy atom. The predicted octanol–water partition coefficient (Wildman–Crippen LogP) is 2.49. The van der Waals surface area contributed by atoms with Crippen molar-refractivity contribution in [1.29, 1.82) is 0 Å². The highest BCUT2D eigenvalue weighted by Crippen LogP contribution is 2.24. The van der Waals surface area contributed by atoms with Crippen molar-refractivity contribution in [2.24, 2.45) is 5.92 Å². The van der Waals surface area contributed by atoms with E-state index in [1.165, 1.54) is 6.42 Å². The molecule has 21 heavy (non-hydrogen) atoms. The topological polar surface area (TPSA) is 72.7 Å². The molecule has 1 aliphatic rings. The highest BCUT2D eigenvalue weighted by molar-refractivity contribution is 5.92. The smallest absolute Gasteiger partial charge is 0.235 e. The van der Waals surface area contributed by atoms with Crippen LogP contribution in [0.2, 0.25) is 0 Å². The van der Waals surface area contributed by atoms with Gasteiger partial charge in [0.25, 0.3) is 0 Å². The Bertz CT molecular complexity index is 613. The summed E-state index contributed by atoms with van der Waals surface area (Å²) in [5, 5.41) is 2.91. The van der Waals surface area contributed by atoms with Crippen molar-refractivity contribution in [2.45, 2.75) is 39.0 Å². The Balaban J connectivity index is 1.67. The first kappa shape index (κ1) is 13.7. The molecule has 0 radical (unpaired) electrons. The van der Waals surface area contributed by atoms with Gasteiger partial charge in [-0.25, -0.2) is 15.0 Å². The van der Waals surface area contributed by atoms with Gasteiger partial charge in [0.1, 0.15) is 5.82 Å². The van der Waals surface area contributed by atoms with Gasteiger partial charge >= 0.3 is 0 Å². The third-order valence-electron chi connectivity index (χ3n) is 3.92. The highest BCUT2D eigenvalue weighted by atomic mass is 16.1. The lowest BCUT2D eigenvalue weighted by molar-refractivity contribution is -0.120. The van der Waals surface area contributed by atoms with E-state index in [2.05, 4.69) is 20.3 Å². The Morgan fingerprint density at radius 1 is 1.19 bits per heavy atom. The number of imidazole rings is 1. The third kappa shape index (κ3) is 3.09. The number of amides is 1. The van der Waals surface area contributed by atoms with E-state index < -0.39 is 0 Å². The second kappa shape index (κ2) is 6.03. The van der Waals surface area contributed by atoms with Crippen molar-refractivity contribution >= 4 is 11.6 Å². The van der Waals surface area contributed by atoms with Crippen LogP contribution in [0.1, 0.15) is 37.9 Å². The fourth-order valence-electron chi connectivity index (χ4n) is 2.71. The summed E-state index contributed by atoms with van der Waals surface area (Å²) in [6.45, 7) is 1.89. The van der Waals surface area contributed by atoms with E-state index in [4.69, 9.17) is 0 Å². The van der Waals surface area contributed by atoms with Crippen LogP contribution in [0.15, 0.2) is 24.8 Å². The van der Waals surface area contributed by atoms with Gasteiger partial charge < -0.3 is 5.32 Å². The number of carbonyl (C=O) groups excluding carboxylic acids is 1. The molecule has 6 nitrogen and oxygen atoms in total.